The van der Waals surface area contributed by atoms with Crippen molar-refractivity contribution in [2.24, 2.45) is 17.8 Å². The Hall–Kier alpha value is -2.43. The summed E-state index contributed by atoms with van der Waals surface area (Å²) >= 11 is 0. The second-order valence-electron chi connectivity index (χ2n) is 9.00. The van der Waals surface area contributed by atoms with Crippen molar-refractivity contribution in [1.29, 1.82) is 5.41 Å². The van der Waals surface area contributed by atoms with Crippen LogP contribution in [0.1, 0.15) is 32.6 Å². The highest BCUT2D eigenvalue weighted by molar-refractivity contribution is 5.76. The fraction of sp³-hybridized carbons (Fsp3) is 0.519. The van der Waals surface area contributed by atoms with E-state index in [0.717, 1.165) is 18.4 Å². The predicted octanol–water partition coefficient (Wildman–Crippen LogP) is 6.41. The van der Waals surface area contributed by atoms with Gasteiger partial charge in [0.15, 0.2) is 0 Å². The van der Waals surface area contributed by atoms with Crippen molar-refractivity contribution in [3.63, 3.8) is 0 Å². The molecule has 0 aromatic carbocycles. The van der Waals surface area contributed by atoms with Crippen molar-refractivity contribution in [3.8, 4) is 0 Å². The molecule has 0 spiro atoms. The first-order valence-corrected chi connectivity index (χ1v) is 12.1. The Bertz CT molecular complexity index is 891. The van der Waals surface area contributed by atoms with Crippen LogP contribution >= 0.6 is 0 Å². The molecule has 0 fully saturated rings. The Morgan fingerprint density at radius 1 is 1.32 bits per heavy atom. The molecule has 10 heteroatoms. The van der Waals surface area contributed by atoms with Gasteiger partial charge in [0.25, 0.3) is 0 Å². The van der Waals surface area contributed by atoms with Crippen LogP contribution in [-0.2, 0) is 0 Å². The lowest BCUT2D eigenvalue weighted by Gasteiger charge is -2.33. The Kier molecular flexibility index (Phi) is 14.5. The van der Waals surface area contributed by atoms with Crippen LogP contribution in [0.15, 0.2) is 71.9 Å². The van der Waals surface area contributed by atoms with Gasteiger partial charge in [-0.25, -0.2) is 8.78 Å². The maximum Gasteiger partial charge on any atom is 0.392 e. The van der Waals surface area contributed by atoms with E-state index in [1.54, 1.807) is 13.0 Å². The molecule has 0 radical (unpaired) electrons. The number of aliphatic hydroxyl groups excluding tert-OH is 1. The molecule has 0 amide bonds. The molecule has 0 aromatic heterocycles. The van der Waals surface area contributed by atoms with E-state index in [-0.39, 0.29) is 24.2 Å². The molecule has 0 saturated carbocycles. The minimum atomic E-state index is -4.31. The lowest BCUT2D eigenvalue weighted by atomic mass is 9.80. The molecule has 4 nitrogen and oxygen atoms in total. The van der Waals surface area contributed by atoms with Crippen LogP contribution in [-0.4, -0.2) is 50.0 Å². The van der Waals surface area contributed by atoms with Crippen LogP contribution in [0, 0.1) is 23.2 Å². The molecular weight excluding hydrogens is 496 g/mol. The van der Waals surface area contributed by atoms with Gasteiger partial charge in [0.2, 0.25) is 0 Å². The van der Waals surface area contributed by atoms with Gasteiger partial charge in [-0.15, -0.1) is 0 Å². The number of likely N-dealkylation sites (N-methyl/N-ethyl adjacent to an activating group) is 1. The van der Waals surface area contributed by atoms with Crippen LogP contribution in [0.4, 0.5) is 26.3 Å². The lowest BCUT2D eigenvalue weighted by Crippen LogP contribution is -2.53. The normalized spacial score (nSPS) is 20.7. The standard InChI is InChI=1S/C27H37F6N3O/c1-4-7-24(30)22(15-28)25(26(37)35-3)36-17-21(20-11-12-23(29)18(2)14-20)10-9-19(16-34)8-5-6-13-27(31,32)33/h4-8,11-12,16,20-22,25-26,34-37H,1,9-10,13-15,17H2,2-3H3/b6-5-,19-8-,24-7+,34-16?/t20?,21?,22-,25?,26?/m1/s1. The molecule has 1 aliphatic carbocycles. The minimum Gasteiger partial charge on any atom is -0.377 e. The van der Waals surface area contributed by atoms with E-state index in [1.807, 2.05) is 0 Å². The molecule has 0 bridgehead atoms. The van der Waals surface area contributed by atoms with E-state index < -0.39 is 43.3 Å². The van der Waals surface area contributed by atoms with Crippen LogP contribution < -0.4 is 10.6 Å². The molecule has 1 rings (SSSR count). The molecule has 5 atom stereocenters. The quantitative estimate of drug-likeness (QED) is 0.0803. The molecular formula is C27H37F6N3O. The van der Waals surface area contributed by atoms with Gasteiger partial charge >= 0.3 is 6.18 Å². The number of allylic oxidation sites excluding steroid dienone is 10. The zero-order chi connectivity index (χ0) is 28.0. The predicted molar refractivity (Wildman–Crippen MR) is 136 cm³/mol. The monoisotopic (exact) mass is 533 g/mol. The molecule has 37 heavy (non-hydrogen) atoms. The number of rotatable bonds is 16. The zero-order valence-corrected chi connectivity index (χ0v) is 21.2. The smallest absolute Gasteiger partial charge is 0.377 e. The van der Waals surface area contributed by atoms with Crippen molar-refractivity contribution in [2.75, 3.05) is 20.3 Å². The topological polar surface area (TPSA) is 68.1 Å². The van der Waals surface area contributed by atoms with Gasteiger partial charge in [-0.1, -0.05) is 37.0 Å². The summed E-state index contributed by atoms with van der Waals surface area (Å²) < 4.78 is 79.3. The first-order valence-electron chi connectivity index (χ1n) is 12.1. The van der Waals surface area contributed by atoms with Gasteiger partial charge in [-0.05, 0) is 74.9 Å². The zero-order valence-electron chi connectivity index (χ0n) is 21.2. The summed E-state index contributed by atoms with van der Waals surface area (Å²) in [5.41, 5.74) is 1.05. The van der Waals surface area contributed by atoms with Gasteiger partial charge in [-0.2, -0.15) is 13.2 Å². The summed E-state index contributed by atoms with van der Waals surface area (Å²) in [7, 11) is 1.45. The Morgan fingerprint density at radius 3 is 2.57 bits per heavy atom. The summed E-state index contributed by atoms with van der Waals surface area (Å²) in [6, 6.07) is -1.03. The van der Waals surface area contributed by atoms with Gasteiger partial charge in [0.1, 0.15) is 24.6 Å². The van der Waals surface area contributed by atoms with Crippen molar-refractivity contribution in [3.05, 3.63) is 71.9 Å². The van der Waals surface area contributed by atoms with Gasteiger partial charge < -0.3 is 15.8 Å². The Labute approximate surface area is 215 Å². The number of halogens is 6. The fourth-order valence-electron chi connectivity index (χ4n) is 4.13. The highest BCUT2D eigenvalue weighted by Crippen LogP contribution is 2.32. The van der Waals surface area contributed by atoms with Crippen LogP contribution in [0.25, 0.3) is 0 Å². The molecule has 0 aliphatic heterocycles. The van der Waals surface area contributed by atoms with E-state index in [0.29, 0.717) is 30.4 Å². The largest absolute Gasteiger partial charge is 0.392 e. The number of alkyl halides is 4. The van der Waals surface area contributed by atoms with Crippen LogP contribution in [0.3, 0.4) is 0 Å². The molecule has 4 unspecified atom stereocenters. The SMILES string of the molecule is C=C/C=C(/F)[C@@H](CF)C(NCC(CC/C(C=N)=C/C=C\CC(F)(F)F)C1C=CC(F)=C(C)C1)C(O)NC. The maximum atomic E-state index is 14.5. The van der Waals surface area contributed by atoms with Crippen LogP contribution in [0.2, 0.25) is 0 Å². The van der Waals surface area contributed by atoms with Crippen LogP contribution in [0.5, 0.6) is 0 Å². The molecule has 4 N–H and O–H groups in total. The third kappa shape index (κ3) is 11.7. The number of hydrogen-bond acceptors (Lipinski definition) is 4. The highest BCUT2D eigenvalue weighted by atomic mass is 19.4. The summed E-state index contributed by atoms with van der Waals surface area (Å²) in [5.74, 6) is -2.71. The molecule has 1 aliphatic rings. The third-order valence-electron chi connectivity index (χ3n) is 6.31. The van der Waals surface area contributed by atoms with Crippen molar-refractivity contribution in [2.45, 2.75) is 51.1 Å². The Morgan fingerprint density at radius 2 is 2.03 bits per heavy atom. The van der Waals surface area contributed by atoms with Crippen molar-refractivity contribution >= 4 is 6.21 Å². The first kappa shape index (κ1) is 32.6. The fourth-order valence-corrected chi connectivity index (χ4v) is 4.13. The van der Waals surface area contributed by atoms with E-state index in [9.17, 15) is 31.4 Å². The molecule has 0 aromatic rings. The van der Waals surface area contributed by atoms with E-state index in [2.05, 4.69) is 17.2 Å². The van der Waals surface area contributed by atoms with Gasteiger partial charge in [0, 0.05) is 6.21 Å². The first-order chi connectivity index (χ1) is 17.5. The second-order valence-corrected chi connectivity index (χ2v) is 9.00. The van der Waals surface area contributed by atoms with Crippen molar-refractivity contribution in [1.82, 2.24) is 10.6 Å². The number of nitrogens with one attached hydrogen (secondary N) is 3. The lowest BCUT2D eigenvalue weighted by molar-refractivity contribution is -0.125. The summed E-state index contributed by atoms with van der Waals surface area (Å²) in [4.78, 5) is 0. The second kappa shape index (κ2) is 16.4. The maximum absolute atomic E-state index is 14.5. The highest BCUT2D eigenvalue weighted by Gasteiger charge is 2.32. The molecule has 208 valence electrons. The van der Waals surface area contributed by atoms with E-state index in [4.69, 9.17) is 5.41 Å². The minimum absolute atomic E-state index is 0.135. The van der Waals surface area contributed by atoms with Gasteiger partial charge in [0.05, 0.1) is 18.4 Å². The average molecular weight is 534 g/mol. The summed E-state index contributed by atoms with van der Waals surface area (Å²) in [6.45, 7) is 4.23. The summed E-state index contributed by atoms with van der Waals surface area (Å²) in [5, 5.41) is 23.7. The summed E-state index contributed by atoms with van der Waals surface area (Å²) in [6.07, 6.45) is 4.60. The van der Waals surface area contributed by atoms with Crippen molar-refractivity contribution < 1.29 is 31.4 Å². The van der Waals surface area contributed by atoms with Gasteiger partial charge in [-0.3, -0.25) is 9.71 Å². The molecule has 0 saturated heterocycles. The molecule has 0 heterocycles. The number of aliphatic hydroxyl groups is 1. The average Bonchev–Trinajstić information content (AvgIpc) is 2.85. The Balaban J connectivity index is 3.09. The van der Waals surface area contributed by atoms with E-state index in [1.165, 1.54) is 31.4 Å². The van der Waals surface area contributed by atoms with E-state index >= 15 is 0 Å². The third-order valence-corrected chi connectivity index (χ3v) is 6.31. The number of hydrogen-bond donors (Lipinski definition) is 4.